The lowest BCUT2D eigenvalue weighted by Gasteiger charge is -2.09. The van der Waals surface area contributed by atoms with E-state index in [1.807, 2.05) is 0 Å². The van der Waals surface area contributed by atoms with Gasteiger partial charge in [-0.3, -0.25) is 9.79 Å². The van der Waals surface area contributed by atoms with Crippen molar-refractivity contribution in [3.8, 4) is 0 Å². The van der Waals surface area contributed by atoms with Gasteiger partial charge in [0.05, 0.1) is 13.1 Å². The van der Waals surface area contributed by atoms with Gasteiger partial charge in [-0.15, -0.1) is 0 Å². The quantitative estimate of drug-likeness (QED) is 0.777. The molecule has 17 heavy (non-hydrogen) atoms. The molecule has 0 aromatic heterocycles. The Morgan fingerprint density at radius 1 is 1.53 bits per heavy atom. The second-order valence-corrected chi connectivity index (χ2v) is 6.42. The van der Waals surface area contributed by atoms with Crippen LogP contribution in [0.2, 0.25) is 0 Å². The smallest absolute Gasteiger partial charge is 0.239 e. The van der Waals surface area contributed by atoms with Gasteiger partial charge < -0.3 is 10.6 Å². The van der Waals surface area contributed by atoms with Crippen LogP contribution >= 0.6 is 11.8 Å². The van der Waals surface area contributed by atoms with E-state index in [4.69, 9.17) is 0 Å². The number of nitrogens with one attached hydrogen (secondary N) is 2. The summed E-state index contributed by atoms with van der Waals surface area (Å²) in [5, 5.41) is 7.61. The van der Waals surface area contributed by atoms with Crippen LogP contribution in [-0.2, 0) is 4.79 Å². The van der Waals surface area contributed by atoms with Crippen molar-refractivity contribution in [3.63, 3.8) is 0 Å². The third-order valence-electron chi connectivity index (χ3n) is 2.93. The average molecular weight is 255 g/mol. The van der Waals surface area contributed by atoms with Gasteiger partial charge >= 0.3 is 0 Å². The summed E-state index contributed by atoms with van der Waals surface area (Å²) in [4.78, 5) is 15.9. The third-order valence-corrected chi connectivity index (χ3v) is 4.27. The molecular formula is C12H21N3OS. The fourth-order valence-corrected chi connectivity index (χ4v) is 2.94. The molecule has 1 saturated carbocycles. The number of thioether (sulfide) groups is 1. The summed E-state index contributed by atoms with van der Waals surface area (Å²) >= 11 is 1.81. The van der Waals surface area contributed by atoms with Crippen molar-refractivity contribution in [3.05, 3.63) is 0 Å². The van der Waals surface area contributed by atoms with Crippen LogP contribution in [0.25, 0.3) is 0 Å². The Morgan fingerprint density at radius 2 is 2.29 bits per heavy atom. The lowest BCUT2D eigenvalue weighted by Crippen LogP contribution is -2.37. The van der Waals surface area contributed by atoms with E-state index >= 15 is 0 Å². The molecule has 1 amide bonds. The van der Waals surface area contributed by atoms with Gasteiger partial charge in [0.25, 0.3) is 0 Å². The van der Waals surface area contributed by atoms with Crippen molar-refractivity contribution in [1.82, 2.24) is 10.6 Å². The number of carbonyl (C=O) groups is 1. The van der Waals surface area contributed by atoms with E-state index in [1.165, 1.54) is 12.8 Å². The van der Waals surface area contributed by atoms with Crippen LogP contribution in [0.1, 0.15) is 26.7 Å². The van der Waals surface area contributed by atoms with Gasteiger partial charge in [-0.1, -0.05) is 25.6 Å². The molecule has 0 aromatic rings. The standard InChI is InChI=1S/C12H21N3OS/c1-8(2)5-13-11(16)7-15-12-14-6-10(17-12)9-3-4-9/h8-10H,3-7H2,1-2H3,(H,13,16)(H,14,15). The SMILES string of the molecule is CC(C)CNC(=O)CNC1=NCC(C2CC2)S1. The largest absolute Gasteiger partial charge is 0.356 e. The van der Waals surface area contributed by atoms with Crippen LogP contribution in [0.4, 0.5) is 0 Å². The first-order valence-electron chi connectivity index (χ1n) is 6.37. The number of nitrogens with zero attached hydrogens (tertiary/aromatic N) is 1. The molecule has 1 atom stereocenters. The summed E-state index contributed by atoms with van der Waals surface area (Å²) in [7, 11) is 0. The van der Waals surface area contributed by atoms with Gasteiger partial charge in [0.15, 0.2) is 5.17 Å². The normalized spacial score (nSPS) is 23.7. The van der Waals surface area contributed by atoms with Gasteiger partial charge in [0.2, 0.25) is 5.91 Å². The molecule has 5 heteroatoms. The van der Waals surface area contributed by atoms with E-state index in [9.17, 15) is 4.79 Å². The molecule has 1 aliphatic heterocycles. The molecule has 96 valence electrons. The zero-order valence-electron chi connectivity index (χ0n) is 10.5. The Morgan fingerprint density at radius 3 is 2.94 bits per heavy atom. The fourth-order valence-electron chi connectivity index (χ4n) is 1.74. The molecule has 1 aliphatic carbocycles. The summed E-state index contributed by atoms with van der Waals surface area (Å²) in [6.45, 7) is 6.18. The Labute approximate surface area is 107 Å². The lowest BCUT2D eigenvalue weighted by molar-refractivity contribution is -0.120. The molecule has 0 spiro atoms. The van der Waals surface area contributed by atoms with Crippen molar-refractivity contribution >= 4 is 22.8 Å². The zero-order valence-corrected chi connectivity index (χ0v) is 11.3. The second kappa shape index (κ2) is 5.76. The van der Waals surface area contributed by atoms with E-state index in [2.05, 4.69) is 29.5 Å². The molecule has 0 bridgehead atoms. The Kier molecular flexibility index (Phi) is 4.31. The van der Waals surface area contributed by atoms with Crippen molar-refractivity contribution in [2.45, 2.75) is 31.9 Å². The van der Waals surface area contributed by atoms with Gasteiger partial charge in [-0.2, -0.15) is 0 Å². The number of carbonyl (C=O) groups excluding carboxylic acids is 1. The first-order chi connectivity index (χ1) is 8.15. The predicted molar refractivity (Wildman–Crippen MR) is 72.3 cm³/mol. The van der Waals surface area contributed by atoms with Crippen LogP contribution in [0.15, 0.2) is 4.99 Å². The van der Waals surface area contributed by atoms with Gasteiger partial charge in [-0.25, -0.2) is 0 Å². The Balaban J connectivity index is 1.60. The molecule has 2 aliphatic rings. The Bertz CT molecular complexity index is 313. The van der Waals surface area contributed by atoms with Crippen LogP contribution in [0, 0.1) is 11.8 Å². The lowest BCUT2D eigenvalue weighted by atomic mass is 10.2. The molecule has 0 radical (unpaired) electrons. The maximum atomic E-state index is 11.5. The highest BCUT2D eigenvalue weighted by Gasteiger charge is 2.35. The first kappa shape index (κ1) is 12.7. The van der Waals surface area contributed by atoms with Crippen molar-refractivity contribution in [2.24, 2.45) is 16.8 Å². The van der Waals surface area contributed by atoms with Crippen LogP contribution in [0.5, 0.6) is 0 Å². The number of amidine groups is 1. The van der Waals surface area contributed by atoms with Crippen LogP contribution < -0.4 is 10.6 Å². The average Bonchev–Trinajstić information content (AvgIpc) is 3.04. The molecule has 0 aromatic carbocycles. The highest BCUT2D eigenvalue weighted by molar-refractivity contribution is 8.14. The monoisotopic (exact) mass is 255 g/mol. The minimum Gasteiger partial charge on any atom is -0.356 e. The summed E-state index contributed by atoms with van der Waals surface area (Å²) in [6.07, 6.45) is 2.71. The Hall–Kier alpha value is -0.710. The van der Waals surface area contributed by atoms with E-state index in [1.54, 1.807) is 11.8 Å². The van der Waals surface area contributed by atoms with Gasteiger partial charge in [0, 0.05) is 11.8 Å². The molecule has 1 unspecified atom stereocenters. The number of hydrogen-bond acceptors (Lipinski definition) is 4. The summed E-state index contributed by atoms with van der Waals surface area (Å²) < 4.78 is 0. The second-order valence-electron chi connectivity index (χ2n) is 5.19. The molecule has 0 saturated heterocycles. The fraction of sp³-hybridized carbons (Fsp3) is 0.833. The van der Waals surface area contributed by atoms with Crippen LogP contribution in [0.3, 0.4) is 0 Å². The van der Waals surface area contributed by atoms with E-state index < -0.39 is 0 Å². The van der Waals surface area contributed by atoms with Crippen molar-refractivity contribution in [2.75, 3.05) is 19.6 Å². The molecule has 2 rings (SSSR count). The maximum Gasteiger partial charge on any atom is 0.239 e. The van der Waals surface area contributed by atoms with Gasteiger partial charge in [0.1, 0.15) is 0 Å². The molecule has 1 heterocycles. The zero-order chi connectivity index (χ0) is 12.3. The number of aliphatic imine (C=N–C) groups is 1. The predicted octanol–water partition coefficient (Wildman–Crippen LogP) is 1.23. The maximum absolute atomic E-state index is 11.5. The molecular weight excluding hydrogens is 234 g/mol. The number of hydrogen-bond donors (Lipinski definition) is 2. The van der Waals surface area contributed by atoms with E-state index in [-0.39, 0.29) is 5.91 Å². The van der Waals surface area contributed by atoms with Crippen molar-refractivity contribution < 1.29 is 4.79 Å². The summed E-state index contributed by atoms with van der Waals surface area (Å²) in [6, 6.07) is 0. The molecule has 2 N–H and O–H groups in total. The minimum atomic E-state index is 0.0527. The summed E-state index contributed by atoms with van der Waals surface area (Å²) in [5.41, 5.74) is 0. The molecule has 4 nitrogen and oxygen atoms in total. The van der Waals surface area contributed by atoms with E-state index in [0.717, 1.165) is 24.2 Å². The van der Waals surface area contributed by atoms with Crippen LogP contribution in [-0.4, -0.2) is 36.0 Å². The van der Waals surface area contributed by atoms with E-state index in [0.29, 0.717) is 17.7 Å². The number of rotatable bonds is 5. The highest BCUT2D eigenvalue weighted by Crippen LogP contribution is 2.41. The van der Waals surface area contributed by atoms with Gasteiger partial charge in [-0.05, 0) is 24.7 Å². The molecule has 1 fully saturated rings. The third kappa shape index (κ3) is 4.22. The highest BCUT2D eigenvalue weighted by atomic mass is 32.2. The first-order valence-corrected chi connectivity index (χ1v) is 7.25. The van der Waals surface area contributed by atoms with Crippen molar-refractivity contribution in [1.29, 1.82) is 0 Å². The minimum absolute atomic E-state index is 0.0527. The number of amides is 1. The topological polar surface area (TPSA) is 53.5 Å². The summed E-state index contributed by atoms with van der Waals surface area (Å²) in [5.74, 6) is 1.42.